The van der Waals surface area contributed by atoms with Crippen LogP contribution in [0.1, 0.15) is 79.5 Å². The highest BCUT2D eigenvalue weighted by Gasteiger charge is 2.33. The van der Waals surface area contributed by atoms with E-state index in [4.69, 9.17) is 30.2 Å². The molecule has 9 nitrogen and oxygen atoms in total. The van der Waals surface area contributed by atoms with Crippen molar-refractivity contribution >= 4 is 34.8 Å². The second-order valence-corrected chi connectivity index (χ2v) is 13.4. The predicted octanol–water partition coefficient (Wildman–Crippen LogP) is 9.16. The van der Waals surface area contributed by atoms with E-state index in [9.17, 15) is 9.59 Å². The molecular weight excluding hydrogens is 642 g/mol. The average molecular weight is 682 g/mol. The van der Waals surface area contributed by atoms with E-state index in [0.29, 0.717) is 41.6 Å². The molecule has 0 fully saturated rings. The molecule has 0 bridgehead atoms. The lowest BCUT2D eigenvalue weighted by atomic mass is 9.89. The Kier molecular flexibility index (Phi) is 10.2. The molecule has 1 aliphatic carbocycles. The number of esters is 1. The van der Waals surface area contributed by atoms with Crippen LogP contribution in [0.15, 0.2) is 83.3 Å². The Hall–Kier alpha value is -4.89. The van der Waals surface area contributed by atoms with Crippen LogP contribution in [0.4, 0.5) is 4.79 Å². The zero-order chi connectivity index (χ0) is 34.5. The van der Waals surface area contributed by atoms with Crippen molar-refractivity contribution in [1.29, 1.82) is 0 Å². The van der Waals surface area contributed by atoms with Gasteiger partial charge in [-0.05, 0) is 113 Å². The Morgan fingerprint density at radius 1 is 1.00 bits per heavy atom. The summed E-state index contributed by atoms with van der Waals surface area (Å²) >= 11 is 6.10. The molecule has 6 rings (SSSR count). The van der Waals surface area contributed by atoms with Crippen molar-refractivity contribution in [2.45, 2.75) is 71.6 Å². The number of aromatic nitrogens is 2. The third-order valence-corrected chi connectivity index (χ3v) is 8.52. The summed E-state index contributed by atoms with van der Waals surface area (Å²) in [7, 11) is 0. The van der Waals surface area contributed by atoms with Crippen molar-refractivity contribution in [1.82, 2.24) is 14.9 Å². The molecule has 0 radical (unpaired) electrons. The van der Waals surface area contributed by atoms with Gasteiger partial charge in [-0.3, -0.25) is 0 Å². The number of amides is 1. The highest BCUT2D eigenvalue weighted by atomic mass is 35.5. The largest absolute Gasteiger partial charge is 0.489 e. The fourth-order valence-corrected chi connectivity index (χ4v) is 6.16. The van der Waals surface area contributed by atoms with E-state index in [1.165, 1.54) is 0 Å². The van der Waals surface area contributed by atoms with Crippen LogP contribution in [-0.4, -0.2) is 45.7 Å². The number of aryl methyl sites for hydroxylation is 1. The summed E-state index contributed by atoms with van der Waals surface area (Å²) in [6.07, 6.45) is 2.48. The summed E-state index contributed by atoms with van der Waals surface area (Å²) in [5.41, 5.74) is 5.57. The lowest BCUT2D eigenvalue weighted by Gasteiger charge is -2.36. The number of ether oxygens (including phenoxy) is 3. The van der Waals surface area contributed by atoms with Crippen LogP contribution in [0.25, 0.3) is 22.6 Å². The second-order valence-electron chi connectivity index (χ2n) is 13.0. The van der Waals surface area contributed by atoms with Gasteiger partial charge in [0.25, 0.3) is 0 Å². The monoisotopic (exact) mass is 681 g/mol. The van der Waals surface area contributed by atoms with Gasteiger partial charge >= 0.3 is 12.1 Å². The predicted molar refractivity (Wildman–Crippen MR) is 188 cm³/mol. The molecule has 49 heavy (non-hydrogen) atoms. The Morgan fingerprint density at radius 3 is 2.57 bits per heavy atom. The van der Waals surface area contributed by atoms with Gasteiger partial charge in [0.2, 0.25) is 5.89 Å². The van der Waals surface area contributed by atoms with E-state index in [-0.39, 0.29) is 24.4 Å². The number of benzene rings is 3. The Labute approximate surface area is 291 Å². The first-order valence-corrected chi connectivity index (χ1v) is 17.0. The van der Waals surface area contributed by atoms with Gasteiger partial charge < -0.3 is 23.5 Å². The topological polar surface area (TPSA) is 104 Å². The molecule has 0 N–H and O–H groups in total. The van der Waals surface area contributed by atoms with E-state index < -0.39 is 11.6 Å². The van der Waals surface area contributed by atoms with E-state index in [2.05, 4.69) is 9.97 Å². The molecule has 2 aromatic heterocycles. The molecule has 1 atom stereocenters. The standard InChI is InChI=1S/C39H40ClN3O6/c1-5-46-37(44)31-19-18-29-30(41-31)10-8-11-33(29)43(38(45)49-39(2,3)4)22-21-26-9-6-7-12-34(26)47-24-25-13-15-27(16-14-25)36-42-32-23-28(40)17-20-35(32)48-36/h6-7,9,12-20,23,33H,5,8,10-11,21-22,24H2,1-4H3. The number of para-hydroxylation sites is 1. The van der Waals surface area contributed by atoms with Crippen molar-refractivity contribution in [2.75, 3.05) is 13.2 Å². The number of oxazole rings is 1. The minimum atomic E-state index is -0.663. The van der Waals surface area contributed by atoms with E-state index in [0.717, 1.165) is 53.0 Å². The first-order valence-electron chi connectivity index (χ1n) is 16.6. The number of hydrogen-bond acceptors (Lipinski definition) is 8. The number of carbonyl (C=O) groups is 2. The van der Waals surface area contributed by atoms with Crippen LogP contribution in [0.2, 0.25) is 5.02 Å². The van der Waals surface area contributed by atoms with Gasteiger partial charge in [-0.2, -0.15) is 0 Å². The average Bonchev–Trinajstić information content (AvgIpc) is 3.50. The van der Waals surface area contributed by atoms with Gasteiger partial charge in [0.15, 0.2) is 5.58 Å². The van der Waals surface area contributed by atoms with Crippen molar-refractivity contribution in [2.24, 2.45) is 0 Å². The number of halogens is 1. The highest BCUT2D eigenvalue weighted by Crippen LogP contribution is 2.35. The first-order chi connectivity index (χ1) is 23.6. The summed E-state index contributed by atoms with van der Waals surface area (Å²) in [5.74, 6) is 0.828. The molecule has 5 aromatic rings. The van der Waals surface area contributed by atoms with Crippen molar-refractivity contribution in [3.8, 4) is 17.2 Å². The highest BCUT2D eigenvalue weighted by molar-refractivity contribution is 6.31. The zero-order valence-corrected chi connectivity index (χ0v) is 29.0. The maximum Gasteiger partial charge on any atom is 0.410 e. The SMILES string of the molecule is CCOC(=O)c1ccc2c(n1)CCCC2N(CCc1ccccc1OCc1ccc(-c2nc3cc(Cl)ccc3o2)cc1)C(=O)OC(C)(C)C. The summed E-state index contributed by atoms with van der Waals surface area (Å²) in [6.45, 7) is 8.41. The fraction of sp³-hybridized carbons (Fsp3) is 0.333. The van der Waals surface area contributed by atoms with Gasteiger partial charge in [0.1, 0.15) is 29.2 Å². The summed E-state index contributed by atoms with van der Waals surface area (Å²) < 4.78 is 23.3. The van der Waals surface area contributed by atoms with Crippen LogP contribution in [0.3, 0.4) is 0 Å². The van der Waals surface area contributed by atoms with E-state index in [1.807, 2.05) is 81.4 Å². The van der Waals surface area contributed by atoms with Gasteiger partial charge in [-0.15, -0.1) is 0 Å². The molecule has 0 aliphatic heterocycles. The molecule has 1 unspecified atom stereocenters. The molecule has 0 spiro atoms. The van der Waals surface area contributed by atoms with Gasteiger partial charge in [-0.1, -0.05) is 48.0 Å². The first kappa shape index (κ1) is 34.0. The summed E-state index contributed by atoms with van der Waals surface area (Å²) in [5, 5.41) is 0.611. The molecule has 2 heterocycles. The molecular formula is C39H40ClN3O6. The maximum absolute atomic E-state index is 13.7. The molecule has 254 valence electrons. The Balaban J connectivity index is 1.16. The van der Waals surface area contributed by atoms with E-state index >= 15 is 0 Å². The van der Waals surface area contributed by atoms with Crippen molar-refractivity contribution in [3.05, 3.63) is 112 Å². The summed E-state index contributed by atoms with van der Waals surface area (Å²) in [4.78, 5) is 37.1. The molecule has 0 saturated heterocycles. The minimum absolute atomic E-state index is 0.243. The van der Waals surface area contributed by atoms with Gasteiger partial charge in [0.05, 0.1) is 12.6 Å². The Morgan fingerprint density at radius 2 is 1.80 bits per heavy atom. The van der Waals surface area contributed by atoms with Crippen LogP contribution in [0, 0.1) is 0 Å². The van der Waals surface area contributed by atoms with Crippen LogP contribution >= 0.6 is 11.6 Å². The smallest absolute Gasteiger partial charge is 0.410 e. The number of fused-ring (bicyclic) bond motifs is 2. The lowest BCUT2D eigenvalue weighted by molar-refractivity contribution is 0.0140. The van der Waals surface area contributed by atoms with Gasteiger partial charge in [-0.25, -0.2) is 19.6 Å². The second kappa shape index (κ2) is 14.7. The van der Waals surface area contributed by atoms with Crippen LogP contribution in [-0.2, 0) is 28.9 Å². The molecule has 1 aliphatic rings. The van der Waals surface area contributed by atoms with Crippen molar-refractivity contribution < 1.29 is 28.2 Å². The number of rotatable bonds is 10. The normalized spacial score (nSPS) is 14.3. The number of carbonyl (C=O) groups excluding carboxylic acids is 2. The van der Waals surface area contributed by atoms with Crippen LogP contribution in [0.5, 0.6) is 5.75 Å². The van der Waals surface area contributed by atoms with Crippen LogP contribution < -0.4 is 4.74 Å². The molecule has 10 heteroatoms. The third-order valence-electron chi connectivity index (χ3n) is 8.29. The molecule has 1 amide bonds. The zero-order valence-electron chi connectivity index (χ0n) is 28.2. The molecule has 0 saturated carbocycles. The van der Waals surface area contributed by atoms with Crippen molar-refractivity contribution in [3.63, 3.8) is 0 Å². The lowest BCUT2D eigenvalue weighted by Crippen LogP contribution is -2.41. The van der Waals surface area contributed by atoms with Gasteiger partial charge in [0, 0.05) is 22.8 Å². The minimum Gasteiger partial charge on any atom is -0.489 e. The Bertz CT molecular complexity index is 1950. The maximum atomic E-state index is 13.7. The number of pyridine rings is 1. The number of nitrogens with zero attached hydrogens (tertiary/aromatic N) is 3. The summed E-state index contributed by atoms with van der Waals surface area (Å²) in [6, 6.07) is 24.5. The fourth-order valence-electron chi connectivity index (χ4n) is 5.99. The molecule has 3 aromatic carbocycles. The van der Waals surface area contributed by atoms with E-state index in [1.54, 1.807) is 30.0 Å². The quantitative estimate of drug-likeness (QED) is 0.134. The number of hydrogen-bond donors (Lipinski definition) is 0. The third kappa shape index (κ3) is 8.23.